The molecular formula is C10H12ClN3O2. The van der Waals surface area contributed by atoms with Crippen LogP contribution in [0.3, 0.4) is 0 Å². The zero-order valence-corrected chi connectivity index (χ0v) is 9.25. The molecule has 0 aliphatic carbocycles. The Morgan fingerprint density at radius 1 is 1.12 bits per heavy atom. The first-order valence-corrected chi connectivity index (χ1v) is 5.22. The lowest BCUT2D eigenvalue weighted by molar-refractivity contribution is 0.0936. The molecule has 0 bridgehead atoms. The summed E-state index contributed by atoms with van der Waals surface area (Å²) < 4.78 is 0. The molecule has 3 N–H and O–H groups in total. The highest BCUT2D eigenvalue weighted by molar-refractivity contribution is 6.18. The standard InChI is InChI=1S/C10H12ClN3O2/c11-6-7-12-10(16)14-13-9(15)8-4-2-1-3-5-8/h1-5H,6-7H2,(H,13,15)(H2,12,14,16). The first kappa shape index (κ1) is 12.3. The molecule has 0 aliphatic rings. The largest absolute Gasteiger partial charge is 0.336 e. The van der Waals surface area contributed by atoms with Crippen molar-refractivity contribution in [2.75, 3.05) is 12.4 Å². The van der Waals surface area contributed by atoms with Crippen molar-refractivity contribution in [2.24, 2.45) is 0 Å². The van der Waals surface area contributed by atoms with Crippen molar-refractivity contribution in [3.63, 3.8) is 0 Å². The molecule has 0 aromatic heterocycles. The number of carbonyl (C=O) groups is 2. The molecule has 0 unspecified atom stereocenters. The fourth-order valence-electron chi connectivity index (χ4n) is 0.980. The fourth-order valence-corrected chi connectivity index (χ4v) is 1.07. The van der Waals surface area contributed by atoms with E-state index in [1.807, 2.05) is 0 Å². The topological polar surface area (TPSA) is 70.2 Å². The molecule has 0 heterocycles. The van der Waals surface area contributed by atoms with Crippen LogP contribution < -0.4 is 16.2 Å². The summed E-state index contributed by atoms with van der Waals surface area (Å²) in [5, 5.41) is 2.44. The summed E-state index contributed by atoms with van der Waals surface area (Å²) in [4.78, 5) is 22.5. The first-order chi connectivity index (χ1) is 7.74. The first-order valence-electron chi connectivity index (χ1n) is 4.69. The SMILES string of the molecule is O=C(NCCCl)NNC(=O)c1ccccc1. The summed E-state index contributed by atoms with van der Waals surface area (Å²) in [6.07, 6.45) is 0. The molecule has 0 atom stereocenters. The van der Waals surface area contributed by atoms with Crippen LogP contribution in [0.2, 0.25) is 0 Å². The Kier molecular flexibility index (Phi) is 5.15. The van der Waals surface area contributed by atoms with Crippen LogP contribution in [0.1, 0.15) is 10.4 Å². The molecule has 0 radical (unpaired) electrons. The Balaban J connectivity index is 2.33. The maximum absolute atomic E-state index is 11.4. The van der Waals surface area contributed by atoms with E-state index in [4.69, 9.17) is 11.6 Å². The van der Waals surface area contributed by atoms with E-state index in [0.29, 0.717) is 18.0 Å². The number of urea groups is 1. The normalized spacial score (nSPS) is 9.31. The fraction of sp³-hybridized carbons (Fsp3) is 0.200. The quantitative estimate of drug-likeness (QED) is 0.543. The summed E-state index contributed by atoms with van der Waals surface area (Å²) in [6, 6.07) is 8.08. The second kappa shape index (κ2) is 6.68. The minimum Gasteiger partial charge on any atom is -0.336 e. The van der Waals surface area contributed by atoms with Gasteiger partial charge in [-0.1, -0.05) is 18.2 Å². The Morgan fingerprint density at radius 3 is 2.44 bits per heavy atom. The van der Waals surface area contributed by atoms with E-state index in [-0.39, 0.29) is 5.91 Å². The molecule has 0 fully saturated rings. The van der Waals surface area contributed by atoms with Gasteiger partial charge in [0, 0.05) is 18.0 Å². The third kappa shape index (κ3) is 4.18. The van der Waals surface area contributed by atoms with Crippen molar-refractivity contribution < 1.29 is 9.59 Å². The molecule has 0 saturated carbocycles. The molecule has 6 heteroatoms. The van der Waals surface area contributed by atoms with E-state index >= 15 is 0 Å². The molecule has 0 saturated heterocycles. The van der Waals surface area contributed by atoms with Crippen LogP contribution in [-0.4, -0.2) is 24.4 Å². The van der Waals surface area contributed by atoms with Crippen LogP contribution in [0.15, 0.2) is 30.3 Å². The van der Waals surface area contributed by atoms with Gasteiger partial charge in [0.15, 0.2) is 0 Å². The molecule has 1 aromatic rings. The predicted octanol–water partition coefficient (Wildman–Crippen LogP) is 0.869. The number of hydrogen-bond donors (Lipinski definition) is 3. The second-order valence-corrected chi connectivity index (χ2v) is 3.27. The van der Waals surface area contributed by atoms with E-state index in [1.165, 1.54) is 0 Å². The minimum absolute atomic E-state index is 0.319. The van der Waals surface area contributed by atoms with E-state index in [1.54, 1.807) is 30.3 Å². The monoisotopic (exact) mass is 241 g/mol. The molecule has 0 aliphatic heterocycles. The van der Waals surface area contributed by atoms with E-state index < -0.39 is 6.03 Å². The lowest BCUT2D eigenvalue weighted by atomic mass is 10.2. The second-order valence-electron chi connectivity index (χ2n) is 2.89. The lowest BCUT2D eigenvalue weighted by Gasteiger charge is -2.07. The predicted molar refractivity (Wildman–Crippen MR) is 61.2 cm³/mol. The Labute approximate surface area is 98.1 Å². The van der Waals surface area contributed by atoms with Crippen LogP contribution in [0.25, 0.3) is 0 Å². The average Bonchev–Trinajstić information content (AvgIpc) is 2.34. The van der Waals surface area contributed by atoms with Gasteiger partial charge in [-0.25, -0.2) is 10.2 Å². The van der Waals surface area contributed by atoms with Gasteiger partial charge in [-0.15, -0.1) is 11.6 Å². The van der Waals surface area contributed by atoms with Gasteiger partial charge < -0.3 is 5.32 Å². The van der Waals surface area contributed by atoms with E-state index in [9.17, 15) is 9.59 Å². The third-order valence-corrected chi connectivity index (χ3v) is 1.89. The molecule has 5 nitrogen and oxygen atoms in total. The average molecular weight is 242 g/mol. The highest BCUT2D eigenvalue weighted by atomic mass is 35.5. The number of halogens is 1. The number of hydrazine groups is 1. The van der Waals surface area contributed by atoms with Gasteiger partial charge in [0.25, 0.3) is 5.91 Å². The Bertz CT molecular complexity index is 356. The van der Waals surface area contributed by atoms with Crippen molar-refractivity contribution in [3.8, 4) is 0 Å². The van der Waals surface area contributed by atoms with Gasteiger partial charge in [0.2, 0.25) is 0 Å². The van der Waals surface area contributed by atoms with Gasteiger partial charge in [-0.2, -0.15) is 0 Å². The van der Waals surface area contributed by atoms with Gasteiger partial charge in [-0.05, 0) is 12.1 Å². The van der Waals surface area contributed by atoms with Crippen LogP contribution in [0.4, 0.5) is 4.79 Å². The van der Waals surface area contributed by atoms with Crippen LogP contribution in [0, 0.1) is 0 Å². The lowest BCUT2D eigenvalue weighted by Crippen LogP contribution is -2.47. The number of carbonyl (C=O) groups excluding carboxylic acids is 2. The van der Waals surface area contributed by atoms with E-state index in [2.05, 4.69) is 16.2 Å². The number of amides is 3. The van der Waals surface area contributed by atoms with Crippen molar-refractivity contribution in [3.05, 3.63) is 35.9 Å². The molecule has 1 rings (SSSR count). The van der Waals surface area contributed by atoms with Crippen LogP contribution >= 0.6 is 11.6 Å². The maximum Gasteiger partial charge on any atom is 0.333 e. The third-order valence-electron chi connectivity index (χ3n) is 1.71. The summed E-state index contributed by atoms with van der Waals surface area (Å²) in [6.45, 7) is 0.342. The maximum atomic E-state index is 11.4. The summed E-state index contributed by atoms with van der Waals surface area (Å²) in [7, 11) is 0. The molecule has 16 heavy (non-hydrogen) atoms. The molecular weight excluding hydrogens is 230 g/mol. The highest BCUT2D eigenvalue weighted by Crippen LogP contribution is 1.96. The van der Waals surface area contributed by atoms with Crippen molar-refractivity contribution >= 4 is 23.5 Å². The molecule has 86 valence electrons. The Morgan fingerprint density at radius 2 is 1.81 bits per heavy atom. The highest BCUT2D eigenvalue weighted by Gasteiger charge is 2.05. The number of rotatable bonds is 3. The number of alkyl halides is 1. The van der Waals surface area contributed by atoms with Gasteiger partial charge in [0.1, 0.15) is 0 Å². The van der Waals surface area contributed by atoms with Gasteiger partial charge in [0.05, 0.1) is 0 Å². The summed E-state index contributed by atoms with van der Waals surface area (Å²) >= 11 is 5.37. The zero-order chi connectivity index (χ0) is 11.8. The van der Waals surface area contributed by atoms with Crippen molar-refractivity contribution in [1.82, 2.24) is 16.2 Å². The van der Waals surface area contributed by atoms with E-state index in [0.717, 1.165) is 0 Å². The number of benzene rings is 1. The molecule has 3 amide bonds. The molecule has 1 aromatic carbocycles. The van der Waals surface area contributed by atoms with Crippen molar-refractivity contribution in [2.45, 2.75) is 0 Å². The molecule has 0 spiro atoms. The minimum atomic E-state index is -0.495. The van der Waals surface area contributed by atoms with Crippen molar-refractivity contribution in [1.29, 1.82) is 0 Å². The smallest absolute Gasteiger partial charge is 0.333 e. The van der Waals surface area contributed by atoms with Crippen LogP contribution in [0.5, 0.6) is 0 Å². The van der Waals surface area contributed by atoms with Crippen LogP contribution in [-0.2, 0) is 0 Å². The number of nitrogens with one attached hydrogen (secondary N) is 3. The van der Waals surface area contributed by atoms with Gasteiger partial charge in [-0.3, -0.25) is 10.2 Å². The summed E-state index contributed by atoms with van der Waals surface area (Å²) in [5.41, 5.74) is 4.94. The zero-order valence-electron chi connectivity index (χ0n) is 8.50. The summed E-state index contributed by atoms with van der Waals surface area (Å²) in [5.74, 6) is -0.0540. The number of hydrogen-bond acceptors (Lipinski definition) is 2. The Hall–Kier alpha value is -1.75. The van der Waals surface area contributed by atoms with Gasteiger partial charge >= 0.3 is 6.03 Å².